The molecule has 0 N–H and O–H groups in total. The summed E-state index contributed by atoms with van der Waals surface area (Å²) in [6.07, 6.45) is 3.63. The highest BCUT2D eigenvalue weighted by Crippen LogP contribution is 2.32. The van der Waals surface area contributed by atoms with Crippen LogP contribution in [0.3, 0.4) is 0 Å². The van der Waals surface area contributed by atoms with Gasteiger partial charge in [0.15, 0.2) is 0 Å². The molecule has 0 nitrogen and oxygen atoms in total. The van der Waals surface area contributed by atoms with E-state index >= 15 is 0 Å². The van der Waals surface area contributed by atoms with Crippen molar-refractivity contribution < 1.29 is 0 Å². The number of rotatable bonds is 7. The molecule has 7 aromatic rings. The summed E-state index contributed by atoms with van der Waals surface area (Å²) in [7, 11) is 0. The van der Waals surface area contributed by atoms with Crippen molar-refractivity contribution in [1.82, 2.24) is 0 Å². The second kappa shape index (κ2) is 21.8. The molecule has 270 valence electrons. The Labute approximate surface area is 321 Å². The lowest BCUT2D eigenvalue weighted by Gasteiger charge is -2.16. The van der Waals surface area contributed by atoms with Crippen LogP contribution in [-0.4, -0.2) is 0 Å². The summed E-state index contributed by atoms with van der Waals surface area (Å²) in [6, 6.07) is 64.3. The molecule has 0 aromatic heterocycles. The molecule has 0 spiro atoms. The molecule has 0 saturated heterocycles. The lowest BCUT2D eigenvalue weighted by Crippen LogP contribution is -1.95. The third-order valence-electron chi connectivity index (χ3n) is 9.52. The molecule has 0 aliphatic heterocycles. The van der Waals surface area contributed by atoms with Gasteiger partial charge in [0.1, 0.15) is 0 Å². The Morgan fingerprint density at radius 3 is 1.19 bits per heavy atom. The first-order valence-electron chi connectivity index (χ1n) is 19.2. The first-order chi connectivity index (χ1) is 25.8. The molecule has 7 rings (SSSR count). The van der Waals surface area contributed by atoms with Gasteiger partial charge >= 0.3 is 0 Å². The molecule has 0 heteroatoms. The van der Waals surface area contributed by atoms with Crippen LogP contribution < -0.4 is 0 Å². The van der Waals surface area contributed by atoms with E-state index < -0.39 is 0 Å². The minimum atomic E-state index is 0.616. The first-order valence-corrected chi connectivity index (χ1v) is 19.2. The highest BCUT2D eigenvalue weighted by molar-refractivity contribution is 5.71. The van der Waals surface area contributed by atoms with Gasteiger partial charge in [-0.25, -0.2) is 0 Å². The molecule has 0 radical (unpaired) electrons. The fraction of sp³-hybridized carbons (Fsp3) is 0.208. The lowest BCUT2D eigenvalue weighted by molar-refractivity contribution is 0.735. The molecular weight excluding hydrogens is 637 g/mol. The number of benzene rings is 7. The monoisotopic (exact) mass is 694 g/mol. The van der Waals surface area contributed by atoms with E-state index in [0.717, 1.165) is 0 Å². The maximum atomic E-state index is 2.30. The van der Waals surface area contributed by atoms with E-state index in [1.54, 1.807) is 0 Å². The first kappa shape index (κ1) is 40.3. The van der Waals surface area contributed by atoms with Crippen molar-refractivity contribution in [2.75, 3.05) is 0 Å². The molecule has 0 heterocycles. The zero-order chi connectivity index (χ0) is 37.8. The van der Waals surface area contributed by atoms with Gasteiger partial charge in [-0.3, -0.25) is 0 Å². The van der Waals surface area contributed by atoms with E-state index in [9.17, 15) is 0 Å². The summed E-state index contributed by atoms with van der Waals surface area (Å²) in [5.74, 6) is 0.616. The molecule has 53 heavy (non-hydrogen) atoms. The predicted octanol–water partition coefficient (Wildman–Crippen LogP) is 15.4. The van der Waals surface area contributed by atoms with Crippen LogP contribution in [0.4, 0.5) is 0 Å². The Morgan fingerprint density at radius 2 is 0.755 bits per heavy atom. The van der Waals surface area contributed by atoms with Gasteiger partial charge in [0, 0.05) is 0 Å². The maximum absolute atomic E-state index is 2.30. The molecule has 0 aliphatic rings. The summed E-state index contributed by atoms with van der Waals surface area (Å²) in [5.41, 5.74) is 16.1. The van der Waals surface area contributed by atoms with Crippen LogP contribution in [0, 0.1) is 27.7 Å². The summed E-state index contributed by atoms with van der Waals surface area (Å²) >= 11 is 0. The van der Waals surface area contributed by atoms with E-state index in [1.807, 2.05) is 6.07 Å². The van der Waals surface area contributed by atoms with Crippen molar-refractivity contribution >= 4 is 0 Å². The predicted molar refractivity (Wildman–Crippen MR) is 234 cm³/mol. The second-order valence-electron chi connectivity index (χ2n) is 13.9. The zero-order valence-corrected chi connectivity index (χ0v) is 33.0. The SMILES string of the molecule is CCC(C)c1ccccc1-c1ccccc1C.CCCc1ccccc1.Cc1ccc(-c2ccc(C)cc2)cc1.Cc1ccc(-c2ccccc2)cc1. The Morgan fingerprint density at radius 1 is 0.377 bits per heavy atom. The standard InChI is InChI=1S/C17H20.C14H14.C13H12.C9H12/c1-4-13(2)15-10-7-8-12-17(15)16-11-6-5-9-14(16)3;1-11-3-7-13(8-4-11)14-9-5-12(2)6-10-14;1-11-7-9-13(10-8-11)12-5-3-2-4-6-12;1-2-6-9-7-4-3-5-8-9/h5-13H,4H2,1-3H3;3-10H,1-2H3;2-10H,1H3;3-5,7-8H,2,6H2,1H3. The Balaban J connectivity index is 0.000000161. The van der Waals surface area contributed by atoms with Crippen molar-refractivity contribution in [3.05, 3.63) is 215 Å². The molecule has 0 saturated carbocycles. The molecule has 7 aromatic carbocycles. The van der Waals surface area contributed by atoms with Gasteiger partial charge in [-0.15, -0.1) is 0 Å². The van der Waals surface area contributed by atoms with Crippen molar-refractivity contribution in [1.29, 1.82) is 0 Å². The third-order valence-corrected chi connectivity index (χ3v) is 9.52. The van der Waals surface area contributed by atoms with Gasteiger partial charge in [-0.05, 0) is 96.5 Å². The fourth-order valence-electron chi connectivity index (χ4n) is 6.07. The Kier molecular flexibility index (Phi) is 16.6. The van der Waals surface area contributed by atoms with Gasteiger partial charge in [0.05, 0.1) is 0 Å². The van der Waals surface area contributed by atoms with Crippen molar-refractivity contribution in [3.63, 3.8) is 0 Å². The van der Waals surface area contributed by atoms with E-state index in [-0.39, 0.29) is 0 Å². The van der Waals surface area contributed by atoms with Crippen molar-refractivity contribution in [2.24, 2.45) is 0 Å². The average molecular weight is 695 g/mol. The van der Waals surface area contributed by atoms with E-state index in [2.05, 4.69) is 224 Å². The van der Waals surface area contributed by atoms with Gasteiger partial charge < -0.3 is 0 Å². The number of hydrogen-bond acceptors (Lipinski definition) is 0. The minimum Gasteiger partial charge on any atom is -0.0651 e. The van der Waals surface area contributed by atoms with Crippen LogP contribution in [0.25, 0.3) is 33.4 Å². The molecule has 0 amide bonds. The molecule has 1 atom stereocenters. The normalized spacial score (nSPS) is 10.7. The zero-order valence-electron chi connectivity index (χ0n) is 33.0. The number of hydrogen-bond donors (Lipinski definition) is 0. The lowest BCUT2D eigenvalue weighted by atomic mass is 9.89. The minimum absolute atomic E-state index is 0.616. The van der Waals surface area contributed by atoms with Gasteiger partial charge in [-0.2, -0.15) is 0 Å². The Bertz CT molecular complexity index is 1970. The smallest absolute Gasteiger partial charge is 0.0147 e. The maximum Gasteiger partial charge on any atom is -0.0147 e. The second-order valence-corrected chi connectivity index (χ2v) is 13.9. The molecule has 1 unspecified atom stereocenters. The van der Waals surface area contributed by atoms with E-state index in [0.29, 0.717) is 5.92 Å². The van der Waals surface area contributed by atoms with E-state index in [1.165, 1.54) is 86.0 Å². The molecule has 0 bridgehead atoms. The van der Waals surface area contributed by atoms with Crippen molar-refractivity contribution in [3.8, 4) is 33.4 Å². The highest BCUT2D eigenvalue weighted by Gasteiger charge is 2.11. The topological polar surface area (TPSA) is 0 Å². The van der Waals surface area contributed by atoms with Crippen LogP contribution in [0.15, 0.2) is 182 Å². The molecular formula is C53H58. The summed E-state index contributed by atoms with van der Waals surface area (Å²) < 4.78 is 0. The summed E-state index contributed by atoms with van der Waals surface area (Å²) in [6.45, 7) is 15.3. The van der Waals surface area contributed by atoms with Crippen LogP contribution in [0.1, 0.15) is 72.9 Å². The van der Waals surface area contributed by atoms with Crippen LogP contribution in [0.2, 0.25) is 0 Å². The van der Waals surface area contributed by atoms with Gasteiger partial charge in [0.2, 0.25) is 0 Å². The quantitative estimate of drug-likeness (QED) is 0.156. The van der Waals surface area contributed by atoms with Crippen LogP contribution in [0.5, 0.6) is 0 Å². The Hall–Kier alpha value is -5.46. The highest BCUT2D eigenvalue weighted by atomic mass is 14.2. The van der Waals surface area contributed by atoms with Crippen LogP contribution >= 0.6 is 0 Å². The third kappa shape index (κ3) is 13.2. The molecule has 0 aliphatic carbocycles. The summed E-state index contributed by atoms with van der Waals surface area (Å²) in [4.78, 5) is 0. The fourth-order valence-corrected chi connectivity index (χ4v) is 6.07. The van der Waals surface area contributed by atoms with Crippen LogP contribution in [-0.2, 0) is 6.42 Å². The van der Waals surface area contributed by atoms with Gasteiger partial charge in [0.25, 0.3) is 0 Å². The largest absolute Gasteiger partial charge is 0.0651 e. The van der Waals surface area contributed by atoms with Crippen molar-refractivity contribution in [2.45, 2.75) is 73.6 Å². The van der Waals surface area contributed by atoms with Gasteiger partial charge in [-0.1, -0.05) is 226 Å². The molecule has 0 fully saturated rings. The van der Waals surface area contributed by atoms with E-state index in [4.69, 9.17) is 0 Å². The average Bonchev–Trinajstić information content (AvgIpc) is 3.20. The summed E-state index contributed by atoms with van der Waals surface area (Å²) in [5, 5.41) is 0. The number of aryl methyl sites for hydroxylation is 5.